The molecule has 0 aliphatic carbocycles. The molecule has 0 bridgehead atoms. The molecule has 0 unspecified atom stereocenters. The number of halogens is 3. The van der Waals surface area contributed by atoms with Crippen LogP contribution in [0.4, 0.5) is 13.2 Å². The van der Waals surface area contributed by atoms with Crippen LogP contribution in [-0.2, 0) is 16.7 Å². The molecule has 0 saturated carbocycles. The Morgan fingerprint density at radius 2 is 2.10 bits per heavy atom. The summed E-state index contributed by atoms with van der Waals surface area (Å²) in [4.78, 5) is 11.8. The minimum atomic E-state index is -4.57. The van der Waals surface area contributed by atoms with Crippen LogP contribution in [0, 0.1) is 0 Å². The maximum Gasteiger partial charge on any atom is 0.431 e. The Hall–Kier alpha value is -1.77. The van der Waals surface area contributed by atoms with Gasteiger partial charge < -0.3 is 4.74 Å². The summed E-state index contributed by atoms with van der Waals surface area (Å²) in [6.07, 6.45) is -2.83. The number of hydrogen-bond acceptors (Lipinski definition) is 5. The fourth-order valence-electron chi connectivity index (χ4n) is 1.87. The molecule has 0 amide bonds. The zero-order valence-electron chi connectivity index (χ0n) is 11.3. The standard InChI is InChI=1S/C12H12F3N3O2S/c1-3-20-11(19)7-4-5-8(12(13,14)15)18-9(6-21-2)16-17-10(7)18/h4-5H,3,6H2,1-2H3. The van der Waals surface area contributed by atoms with Crippen LogP contribution >= 0.6 is 11.8 Å². The van der Waals surface area contributed by atoms with Crippen molar-refractivity contribution >= 4 is 23.4 Å². The highest BCUT2D eigenvalue weighted by atomic mass is 32.2. The minimum Gasteiger partial charge on any atom is -0.462 e. The third-order valence-corrected chi connectivity index (χ3v) is 3.23. The fourth-order valence-corrected chi connectivity index (χ4v) is 2.31. The number of rotatable bonds is 4. The molecule has 114 valence electrons. The van der Waals surface area contributed by atoms with Gasteiger partial charge in [-0.2, -0.15) is 24.9 Å². The molecule has 0 spiro atoms. The summed E-state index contributed by atoms with van der Waals surface area (Å²) >= 11 is 1.31. The van der Waals surface area contributed by atoms with Gasteiger partial charge in [0.2, 0.25) is 0 Å². The Morgan fingerprint density at radius 3 is 2.67 bits per heavy atom. The predicted octanol–water partition coefficient (Wildman–Crippen LogP) is 2.79. The van der Waals surface area contributed by atoms with Gasteiger partial charge in [-0.05, 0) is 25.3 Å². The quantitative estimate of drug-likeness (QED) is 0.811. The van der Waals surface area contributed by atoms with E-state index in [4.69, 9.17) is 4.74 Å². The first-order valence-corrected chi connectivity index (χ1v) is 7.39. The molecule has 0 aromatic carbocycles. The molecule has 0 fully saturated rings. The van der Waals surface area contributed by atoms with Crippen molar-refractivity contribution in [3.8, 4) is 0 Å². The van der Waals surface area contributed by atoms with Gasteiger partial charge in [0, 0.05) is 0 Å². The van der Waals surface area contributed by atoms with Crippen molar-refractivity contribution in [1.29, 1.82) is 0 Å². The van der Waals surface area contributed by atoms with E-state index in [2.05, 4.69) is 10.2 Å². The van der Waals surface area contributed by atoms with Gasteiger partial charge in [0.05, 0.1) is 12.4 Å². The number of fused-ring (bicyclic) bond motifs is 1. The normalized spacial score (nSPS) is 11.9. The zero-order chi connectivity index (χ0) is 15.6. The average Bonchev–Trinajstić information content (AvgIpc) is 2.81. The molecule has 5 nitrogen and oxygen atoms in total. The summed E-state index contributed by atoms with van der Waals surface area (Å²) in [7, 11) is 0. The van der Waals surface area contributed by atoms with E-state index in [0.29, 0.717) is 0 Å². The molecule has 0 saturated heterocycles. The van der Waals surface area contributed by atoms with Gasteiger partial charge in [-0.25, -0.2) is 4.79 Å². The van der Waals surface area contributed by atoms with Gasteiger partial charge in [0.25, 0.3) is 0 Å². The first-order chi connectivity index (χ1) is 9.90. The van der Waals surface area contributed by atoms with E-state index in [1.165, 1.54) is 11.8 Å². The number of aromatic nitrogens is 3. The van der Waals surface area contributed by atoms with Crippen molar-refractivity contribution in [2.45, 2.75) is 18.9 Å². The van der Waals surface area contributed by atoms with Gasteiger partial charge >= 0.3 is 12.1 Å². The smallest absolute Gasteiger partial charge is 0.431 e. The number of ether oxygens (including phenoxy) is 1. The van der Waals surface area contributed by atoms with Crippen molar-refractivity contribution in [3.63, 3.8) is 0 Å². The van der Waals surface area contributed by atoms with E-state index in [9.17, 15) is 18.0 Å². The van der Waals surface area contributed by atoms with Crippen LogP contribution in [0.5, 0.6) is 0 Å². The minimum absolute atomic E-state index is 0.0373. The predicted molar refractivity (Wildman–Crippen MR) is 71.2 cm³/mol. The van der Waals surface area contributed by atoms with E-state index in [0.717, 1.165) is 16.5 Å². The van der Waals surface area contributed by atoms with Crippen LogP contribution in [-0.4, -0.2) is 33.4 Å². The molecule has 0 aliphatic heterocycles. The maximum absolute atomic E-state index is 13.1. The summed E-state index contributed by atoms with van der Waals surface area (Å²) in [5, 5.41) is 7.46. The maximum atomic E-state index is 13.1. The molecular formula is C12H12F3N3O2S. The second-order valence-corrected chi connectivity index (χ2v) is 4.92. The molecular weight excluding hydrogens is 307 g/mol. The third-order valence-electron chi connectivity index (χ3n) is 2.68. The largest absolute Gasteiger partial charge is 0.462 e. The lowest BCUT2D eigenvalue weighted by molar-refractivity contribution is -0.142. The van der Waals surface area contributed by atoms with Gasteiger partial charge in [-0.3, -0.25) is 4.40 Å². The average molecular weight is 319 g/mol. The molecule has 0 N–H and O–H groups in total. The molecule has 2 heterocycles. The number of esters is 1. The highest BCUT2D eigenvalue weighted by Gasteiger charge is 2.35. The first kappa shape index (κ1) is 15.6. The number of pyridine rings is 1. The first-order valence-electron chi connectivity index (χ1n) is 6.00. The summed E-state index contributed by atoms with van der Waals surface area (Å²) < 4.78 is 45.0. The fraction of sp³-hybridized carbons (Fsp3) is 0.417. The lowest BCUT2D eigenvalue weighted by atomic mass is 10.2. The van der Waals surface area contributed by atoms with E-state index in [1.54, 1.807) is 13.2 Å². The molecule has 0 aliphatic rings. The molecule has 21 heavy (non-hydrogen) atoms. The highest BCUT2D eigenvalue weighted by Crippen LogP contribution is 2.31. The van der Waals surface area contributed by atoms with Gasteiger partial charge in [-0.1, -0.05) is 0 Å². The summed E-state index contributed by atoms with van der Waals surface area (Å²) in [6, 6.07) is 1.90. The van der Waals surface area contributed by atoms with Gasteiger partial charge in [0.15, 0.2) is 5.65 Å². The number of nitrogens with zero attached hydrogens (tertiary/aromatic N) is 3. The number of hydrogen-bond donors (Lipinski definition) is 0. The SMILES string of the molecule is CCOC(=O)c1ccc(C(F)(F)F)n2c(CSC)nnc12. The van der Waals surface area contributed by atoms with Crippen molar-refractivity contribution in [2.24, 2.45) is 0 Å². The van der Waals surface area contributed by atoms with Crippen molar-refractivity contribution < 1.29 is 22.7 Å². The van der Waals surface area contributed by atoms with Crippen molar-refractivity contribution in [3.05, 3.63) is 29.2 Å². The number of carbonyl (C=O) groups excluding carboxylic acids is 1. The van der Waals surface area contributed by atoms with Crippen LogP contribution in [0.2, 0.25) is 0 Å². The topological polar surface area (TPSA) is 56.5 Å². The Morgan fingerprint density at radius 1 is 1.38 bits per heavy atom. The summed E-state index contributed by atoms with van der Waals surface area (Å²) in [6.45, 7) is 1.74. The lowest BCUT2D eigenvalue weighted by Gasteiger charge is -2.12. The van der Waals surface area contributed by atoms with Crippen molar-refractivity contribution in [2.75, 3.05) is 12.9 Å². The van der Waals surface area contributed by atoms with Crippen LogP contribution < -0.4 is 0 Å². The second-order valence-electron chi connectivity index (χ2n) is 4.06. The zero-order valence-corrected chi connectivity index (χ0v) is 12.1. The third kappa shape index (κ3) is 2.97. The Labute approximate surface area is 122 Å². The summed E-state index contributed by atoms with van der Waals surface area (Å²) in [5.41, 5.74) is -1.10. The second kappa shape index (κ2) is 5.92. The highest BCUT2D eigenvalue weighted by molar-refractivity contribution is 7.97. The van der Waals surface area contributed by atoms with E-state index >= 15 is 0 Å². The van der Waals surface area contributed by atoms with E-state index < -0.39 is 17.8 Å². The van der Waals surface area contributed by atoms with Crippen LogP contribution in [0.25, 0.3) is 5.65 Å². The molecule has 2 aromatic rings. The van der Waals surface area contributed by atoms with E-state index in [1.807, 2.05) is 0 Å². The molecule has 0 atom stereocenters. The van der Waals surface area contributed by atoms with Crippen LogP contribution in [0.1, 0.15) is 28.8 Å². The number of thioether (sulfide) groups is 1. The van der Waals surface area contributed by atoms with E-state index in [-0.39, 0.29) is 29.4 Å². The Kier molecular flexibility index (Phi) is 4.40. The lowest BCUT2D eigenvalue weighted by Crippen LogP contribution is -2.16. The Bertz CT molecular complexity index is 670. The molecule has 2 rings (SSSR count). The van der Waals surface area contributed by atoms with Gasteiger partial charge in [0.1, 0.15) is 17.1 Å². The van der Waals surface area contributed by atoms with Crippen molar-refractivity contribution in [1.82, 2.24) is 14.6 Å². The Balaban J connectivity index is 2.70. The van der Waals surface area contributed by atoms with Crippen LogP contribution in [0.3, 0.4) is 0 Å². The monoisotopic (exact) mass is 319 g/mol. The molecule has 2 aromatic heterocycles. The van der Waals surface area contributed by atoms with Gasteiger partial charge in [-0.15, -0.1) is 10.2 Å². The molecule has 0 radical (unpaired) electrons. The molecule has 9 heteroatoms. The number of alkyl halides is 3. The van der Waals surface area contributed by atoms with Crippen LogP contribution in [0.15, 0.2) is 12.1 Å². The summed E-state index contributed by atoms with van der Waals surface area (Å²) in [5.74, 6) is -0.341. The number of carbonyl (C=O) groups is 1.